The van der Waals surface area contributed by atoms with E-state index in [2.05, 4.69) is 29.7 Å². The third-order valence-electron chi connectivity index (χ3n) is 4.89. The second-order valence-corrected chi connectivity index (χ2v) is 6.43. The predicted octanol–water partition coefficient (Wildman–Crippen LogP) is 4.29. The van der Waals surface area contributed by atoms with Crippen LogP contribution in [-0.4, -0.2) is 9.78 Å². The molecule has 0 aliphatic heterocycles. The van der Waals surface area contributed by atoms with E-state index < -0.39 is 0 Å². The molecular weight excluding hydrogens is 246 g/mol. The quantitative estimate of drug-likeness (QED) is 0.808. The maximum atomic E-state index is 6.53. The van der Waals surface area contributed by atoms with Crippen molar-refractivity contribution < 1.29 is 0 Å². The predicted molar refractivity (Wildman–Crippen MR) is 84.4 cm³/mol. The summed E-state index contributed by atoms with van der Waals surface area (Å²) in [4.78, 5) is 0. The lowest BCUT2D eigenvalue weighted by molar-refractivity contribution is 0.227. The summed E-state index contributed by atoms with van der Waals surface area (Å²) >= 11 is 0. The second-order valence-electron chi connectivity index (χ2n) is 6.43. The lowest BCUT2D eigenvalue weighted by Crippen LogP contribution is -2.28. The molecule has 3 heteroatoms. The highest BCUT2D eigenvalue weighted by Crippen LogP contribution is 2.37. The van der Waals surface area contributed by atoms with Crippen LogP contribution in [0.3, 0.4) is 0 Å². The Hall–Kier alpha value is -0.830. The molecule has 1 saturated carbocycles. The van der Waals surface area contributed by atoms with Gasteiger partial charge in [0.25, 0.3) is 0 Å². The lowest BCUT2D eigenvalue weighted by atomic mass is 9.76. The van der Waals surface area contributed by atoms with Crippen LogP contribution in [0.4, 0.5) is 0 Å². The molecule has 114 valence electrons. The zero-order valence-electron chi connectivity index (χ0n) is 13.2. The Bertz CT molecular complexity index is 377. The van der Waals surface area contributed by atoms with Crippen LogP contribution in [0.15, 0.2) is 12.3 Å². The molecule has 2 N–H and O–H groups in total. The summed E-state index contributed by atoms with van der Waals surface area (Å²) in [6, 6.07) is 2.29. The van der Waals surface area contributed by atoms with Crippen molar-refractivity contribution in [3.8, 4) is 0 Å². The van der Waals surface area contributed by atoms with Crippen molar-refractivity contribution in [1.29, 1.82) is 0 Å². The number of nitrogens with two attached hydrogens (primary N) is 1. The van der Waals surface area contributed by atoms with Gasteiger partial charge in [0, 0.05) is 18.8 Å². The van der Waals surface area contributed by atoms with E-state index in [1.165, 1.54) is 50.6 Å². The summed E-state index contributed by atoms with van der Waals surface area (Å²) in [5.41, 5.74) is 7.77. The molecule has 0 bridgehead atoms. The van der Waals surface area contributed by atoms with Gasteiger partial charge in [-0.15, -0.1) is 0 Å². The van der Waals surface area contributed by atoms with Crippen molar-refractivity contribution in [2.24, 2.45) is 17.6 Å². The zero-order valence-corrected chi connectivity index (χ0v) is 13.2. The minimum Gasteiger partial charge on any atom is -0.322 e. The monoisotopic (exact) mass is 277 g/mol. The van der Waals surface area contributed by atoms with Crippen LogP contribution in [-0.2, 0) is 6.54 Å². The Balaban J connectivity index is 1.87. The minimum absolute atomic E-state index is 0.177. The van der Waals surface area contributed by atoms with Gasteiger partial charge < -0.3 is 5.73 Å². The number of nitrogens with zero attached hydrogens (tertiary/aromatic N) is 2. The Labute approximate surface area is 123 Å². The van der Waals surface area contributed by atoms with Crippen LogP contribution in [0.2, 0.25) is 0 Å². The van der Waals surface area contributed by atoms with Crippen LogP contribution in [0.5, 0.6) is 0 Å². The maximum Gasteiger partial charge on any atom is 0.0554 e. The maximum absolute atomic E-state index is 6.53. The Morgan fingerprint density at radius 3 is 2.65 bits per heavy atom. The van der Waals surface area contributed by atoms with E-state index in [9.17, 15) is 0 Å². The molecule has 1 atom stereocenters. The first-order chi connectivity index (χ1) is 9.76. The first kappa shape index (κ1) is 15.6. The van der Waals surface area contributed by atoms with E-state index in [1.807, 2.05) is 6.20 Å². The summed E-state index contributed by atoms with van der Waals surface area (Å²) in [6.07, 6.45) is 12.5. The van der Waals surface area contributed by atoms with Gasteiger partial charge in [-0.3, -0.25) is 4.68 Å². The van der Waals surface area contributed by atoms with Gasteiger partial charge in [-0.25, -0.2) is 0 Å². The summed E-state index contributed by atoms with van der Waals surface area (Å²) in [5, 5.41) is 4.41. The number of rotatable bonds is 7. The van der Waals surface area contributed by atoms with Crippen LogP contribution in [0.25, 0.3) is 0 Å². The van der Waals surface area contributed by atoms with E-state index in [1.54, 1.807) is 0 Å². The largest absolute Gasteiger partial charge is 0.322 e. The van der Waals surface area contributed by atoms with Crippen LogP contribution in [0.1, 0.15) is 76.9 Å². The molecule has 0 saturated heterocycles. The van der Waals surface area contributed by atoms with Gasteiger partial charge in [0.15, 0.2) is 0 Å². The summed E-state index contributed by atoms with van der Waals surface area (Å²) in [7, 11) is 0. The van der Waals surface area contributed by atoms with Gasteiger partial charge in [-0.1, -0.05) is 46.0 Å². The fourth-order valence-corrected chi connectivity index (χ4v) is 3.60. The SMILES string of the molecule is CCCCC1CCC(C(N)c2ccnn2CCC)CC1. The Kier molecular flexibility index (Phi) is 6.08. The third kappa shape index (κ3) is 3.85. The van der Waals surface area contributed by atoms with Gasteiger partial charge in [0.1, 0.15) is 0 Å². The Morgan fingerprint density at radius 1 is 1.25 bits per heavy atom. The Morgan fingerprint density at radius 2 is 2.00 bits per heavy atom. The van der Waals surface area contributed by atoms with Crippen molar-refractivity contribution in [1.82, 2.24) is 9.78 Å². The highest BCUT2D eigenvalue weighted by atomic mass is 15.3. The number of aryl methyl sites for hydroxylation is 1. The number of hydrogen-bond donors (Lipinski definition) is 1. The normalized spacial score (nSPS) is 24.8. The van der Waals surface area contributed by atoms with Crippen molar-refractivity contribution in [2.45, 2.75) is 77.8 Å². The van der Waals surface area contributed by atoms with E-state index in [0.717, 1.165) is 18.9 Å². The molecule has 20 heavy (non-hydrogen) atoms. The molecular formula is C17H31N3. The van der Waals surface area contributed by atoms with E-state index in [4.69, 9.17) is 5.73 Å². The molecule has 1 aliphatic rings. The van der Waals surface area contributed by atoms with Crippen molar-refractivity contribution in [2.75, 3.05) is 0 Å². The summed E-state index contributed by atoms with van der Waals surface area (Å²) < 4.78 is 2.10. The molecule has 0 aromatic carbocycles. The summed E-state index contributed by atoms with van der Waals surface area (Å²) in [6.45, 7) is 5.47. The molecule has 3 nitrogen and oxygen atoms in total. The molecule has 1 heterocycles. The minimum atomic E-state index is 0.177. The summed E-state index contributed by atoms with van der Waals surface area (Å²) in [5.74, 6) is 1.61. The van der Waals surface area contributed by atoms with Gasteiger partial charge >= 0.3 is 0 Å². The molecule has 1 fully saturated rings. The van der Waals surface area contributed by atoms with Gasteiger partial charge in [0.05, 0.1) is 5.69 Å². The zero-order chi connectivity index (χ0) is 14.4. The van der Waals surface area contributed by atoms with Crippen LogP contribution in [0, 0.1) is 11.8 Å². The highest BCUT2D eigenvalue weighted by Gasteiger charge is 2.27. The smallest absolute Gasteiger partial charge is 0.0554 e. The molecule has 1 aromatic heterocycles. The first-order valence-corrected chi connectivity index (χ1v) is 8.53. The molecule has 0 amide bonds. The fraction of sp³-hybridized carbons (Fsp3) is 0.824. The molecule has 0 spiro atoms. The number of hydrogen-bond acceptors (Lipinski definition) is 2. The van der Waals surface area contributed by atoms with Gasteiger partial charge in [0.2, 0.25) is 0 Å². The van der Waals surface area contributed by atoms with Crippen LogP contribution < -0.4 is 5.73 Å². The average Bonchev–Trinajstić information content (AvgIpc) is 2.93. The molecule has 1 unspecified atom stereocenters. The van der Waals surface area contributed by atoms with Crippen molar-refractivity contribution >= 4 is 0 Å². The number of aromatic nitrogens is 2. The lowest BCUT2D eigenvalue weighted by Gasteiger charge is -2.32. The highest BCUT2D eigenvalue weighted by molar-refractivity contribution is 5.08. The molecule has 2 rings (SSSR count). The van der Waals surface area contributed by atoms with Gasteiger partial charge in [-0.2, -0.15) is 5.10 Å². The third-order valence-corrected chi connectivity index (χ3v) is 4.89. The van der Waals surface area contributed by atoms with E-state index in [0.29, 0.717) is 5.92 Å². The topological polar surface area (TPSA) is 43.8 Å². The van der Waals surface area contributed by atoms with Crippen LogP contribution >= 0.6 is 0 Å². The van der Waals surface area contributed by atoms with Crippen molar-refractivity contribution in [3.63, 3.8) is 0 Å². The molecule has 1 aliphatic carbocycles. The fourth-order valence-electron chi connectivity index (χ4n) is 3.60. The van der Waals surface area contributed by atoms with E-state index in [-0.39, 0.29) is 6.04 Å². The van der Waals surface area contributed by atoms with E-state index >= 15 is 0 Å². The van der Waals surface area contributed by atoms with Crippen molar-refractivity contribution in [3.05, 3.63) is 18.0 Å². The molecule has 1 aromatic rings. The molecule has 0 radical (unpaired) electrons. The average molecular weight is 277 g/mol. The second kappa shape index (κ2) is 7.82. The first-order valence-electron chi connectivity index (χ1n) is 8.53. The standard InChI is InChI=1S/C17H31N3/c1-3-5-6-14-7-9-15(10-8-14)17(18)16-11-12-19-20(16)13-4-2/h11-12,14-15,17H,3-10,13,18H2,1-2H3. The number of unbranched alkanes of at least 4 members (excludes halogenated alkanes) is 1. The van der Waals surface area contributed by atoms with Gasteiger partial charge in [-0.05, 0) is 37.2 Å².